The average molecular weight is 456 g/mol. The van der Waals surface area contributed by atoms with Gasteiger partial charge in [0, 0.05) is 20.6 Å². The van der Waals surface area contributed by atoms with Gasteiger partial charge in [0.05, 0.1) is 18.4 Å². The summed E-state index contributed by atoms with van der Waals surface area (Å²) in [7, 11) is 3.45. The molecule has 7 nitrogen and oxygen atoms in total. The number of H-pyrrole nitrogens is 1. The Morgan fingerprint density at radius 1 is 1.24 bits per heavy atom. The van der Waals surface area contributed by atoms with E-state index in [9.17, 15) is 4.79 Å². The summed E-state index contributed by atoms with van der Waals surface area (Å²) in [6, 6.07) is 10.0. The fraction of sp³-hybridized carbons (Fsp3) is 0.353. The van der Waals surface area contributed by atoms with Gasteiger partial charge in [-0.1, -0.05) is 30.3 Å². The average Bonchev–Trinajstić information content (AvgIpc) is 3.06. The van der Waals surface area contributed by atoms with Crippen LogP contribution in [0.3, 0.4) is 0 Å². The number of hydrogen-bond acceptors (Lipinski definition) is 3. The number of rotatable bonds is 6. The second kappa shape index (κ2) is 10.7. The summed E-state index contributed by atoms with van der Waals surface area (Å²) in [4.78, 5) is 25.3. The lowest BCUT2D eigenvalue weighted by Gasteiger charge is -2.13. The quantitative estimate of drug-likeness (QED) is 0.352. The van der Waals surface area contributed by atoms with Crippen molar-refractivity contribution in [2.75, 3.05) is 27.2 Å². The van der Waals surface area contributed by atoms with E-state index in [1.807, 2.05) is 37.3 Å². The second-order valence-corrected chi connectivity index (χ2v) is 5.45. The van der Waals surface area contributed by atoms with E-state index < -0.39 is 0 Å². The molecular weight excluding hydrogens is 431 g/mol. The molecule has 0 unspecified atom stereocenters. The van der Waals surface area contributed by atoms with Gasteiger partial charge in [0.2, 0.25) is 5.91 Å². The molecule has 1 aromatic carbocycles. The van der Waals surface area contributed by atoms with Gasteiger partial charge >= 0.3 is 0 Å². The van der Waals surface area contributed by atoms with Gasteiger partial charge in [0.25, 0.3) is 0 Å². The molecule has 2 aromatic rings. The van der Waals surface area contributed by atoms with Crippen LogP contribution < -0.4 is 10.6 Å². The Morgan fingerprint density at radius 3 is 2.60 bits per heavy atom. The zero-order valence-electron chi connectivity index (χ0n) is 14.7. The Bertz CT molecular complexity index is 683. The Hall–Kier alpha value is -2.10. The molecule has 1 aromatic heterocycles. The predicted octanol–water partition coefficient (Wildman–Crippen LogP) is 1.84. The molecule has 2 rings (SSSR count). The number of imidazole rings is 1. The van der Waals surface area contributed by atoms with Crippen LogP contribution in [0.4, 0.5) is 0 Å². The first-order chi connectivity index (χ1) is 11.6. The third-order valence-electron chi connectivity index (χ3n) is 3.35. The fourth-order valence-corrected chi connectivity index (χ4v) is 2.02. The lowest BCUT2D eigenvalue weighted by Crippen LogP contribution is -2.42. The first-order valence-corrected chi connectivity index (χ1v) is 7.91. The molecule has 0 aliphatic heterocycles. The van der Waals surface area contributed by atoms with Crippen LogP contribution in [0.5, 0.6) is 0 Å². The number of likely N-dealkylation sites (N-methyl/N-ethyl adjacent to an activating group) is 1. The molecule has 0 aliphatic rings. The van der Waals surface area contributed by atoms with E-state index in [0.29, 0.717) is 12.5 Å². The van der Waals surface area contributed by atoms with Gasteiger partial charge in [0.15, 0.2) is 5.96 Å². The summed E-state index contributed by atoms with van der Waals surface area (Å²) in [5.41, 5.74) is 2.04. The van der Waals surface area contributed by atoms with E-state index in [4.69, 9.17) is 0 Å². The molecule has 25 heavy (non-hydrogen) atoms. The molecule has 3 N–H and O–H groups in total. The van der Waals surface area contributed by atoms with Crippen molar-refractivity contribution in [3.8, 4) is 11.3 Å². The number of halogens is 1. The monoisotopic (exact) mass is 456 g/mol. The molecule has 136 valence electrons. The summed E-state index contributed by atoms with van der Waals surface area (Å²) in [5.74, 6) is 1.35. The van der Waals surface area contributed by atoms with Crippen LogP contribution in [0.25, 0.3) is 11.3 Å². The highest BCUT2D eigenvalue weighted by Crippen LogP contribution is 2.16. The second-order valence-electron chi connectivity index (χ2n) is 5.45. The maximum atomic E-state index is 11.6. The van der Waals surface area contributed by atoms with Crippen LogP contribution in [0, 0.1) is 0 Å². The van der Waals surface area contributed by atoms with Crippen LogP contribution >= 0.6 is 24.0 Å². The van der Waals surface area contributed by atoms with Crippen LogP contribution in [-0.4, -0.2) is 53.9 Å². The Balaban J connectivity index is 0.00000312. The summed E-state index contributed by atoms with van der Waals surface area (Å²) >= 11 is 0. The molecule has 0 radical (unpaired) electrons. The molecular formula is C17H25IN6O. The minimum Gasteiger partial charge on any atom is -0.357 e. The summed E-state index contributed by atoms with van der Waals surface area (Å²) in [6.45, 7) is 3.30. The first kappa shape index (κ1) is 20.9. The van der Waals surface area contributed by atoms with Gasteiger partial charge in [-0.05, 0) is 12.5 Å². The number of hydrogen-bond donors (Lipinski definition) is 3. The zero-order valence-corrected chi connectivity index (χ0v) is 17.1. The van der Waals surface area contributed by atoms with Gasteiger partial charge in [-0.15, -0.1) is 24.0 Å². The number of guanidine groups is 1. The molecule has 0 saturated heterocycles. The molecule has 0 bridgehead atoms. The van der Waals surface area contributed by atoms with E-state index in [0.717, 1.165) is 23.6 Å². The van der Waals surface area contributed by atoms with E-state index in [-0.39, 0.29) is 36.4 Å². The molecule has 1 amide bonds. The molecule has 0 saturated carbocycles. The van der Waals surface area contributed by atoms with Crippen molar-refractivity contribution >= 4 is 35.8 Å². The van der Waals surface area contributed by atoms with E-state index >= 15 is 0 Å². The third-order valence-corrected chi connectivity index (χ3v) is 3.35. The molecule has 0 fully saturated rings. The van der Waals surface area contributed by atoms with Gasteiger partial charge in [-0.2, -0.15) is 0 Å². The molecule has 0 spiro atoms. The van der Waals surface area contributed by atoms with Crippen LogP contribution in [-0.2, 0) is 11.3 Å². The largest absolute Gasteiger partial charge is 0.357 e. The number of nitrogens with zero attached hydrogens (tertiary/aromatic N) is 3. The number of carbonyl (C=O) groups is 1. The molecule has 0 aliphatic carbocycles. The number of aromatic nitrogens is 2. The minimum absolute atomic E-state index is 0. The highest BCUT2D eigenvalue weighted by molar-refractivity contribution is 14.0. The van der Waals surface area contributed by atoms with E-state index in [2.05, 4.69) is 25.6 Å². The lowest BCUT2D eigenvalue weighted by atomic mass is 10.2. The van der Waals surface area contributed by atoms with Crippen molar-refractivity contribution in [2.45, 2.75) is 13.5 Å². The topological polar surface area (TPSA) is 85.4 Å². The van der Waals surface area contributed by atoms with Crippen LogP contribution in [0.1, 0.15) is 12.7 Å². The smallest absolute Gasteiger partial charge is 0.241 e. The highest BCUT2D eigenvalue weighted by atomic mass is 127. The number of nitrogens with one attached hydrogen (secondary N) is 3. The SMILES string of the molecule is CCNC(=NCc1ncc(-c2ccccc2)[nH]1)NCC(=O)N(C)C.I. The summed E-state index contributed by atoms with van der Waals surface area (Å²) in [6.07, 6.45) is 1.80. The van der Waals surface area contributed by atoms with Crippen molar-refractivity contribution < 1.29 is 4.79 Å². The fourth-order valence-electron chi connectivity index (χ4n) is 2.02. The lowest BCUT2D eigenvalue weighted by molar-refractivity contribution is -0.127. The Morgan fingerprint density at radius 2 is 1.96 bits per heavy atom. The number of carbonyl (C=O) groups excluding carboxylic acids is 1. The van der Waals surface area contributed by atoms with Gasteiger partial charge in [-0.3, -0.25) is 4.79 Å². The maximum Gasteiger partial charge on any atom is 0.241 e. The van der Waals surface area contributed by atoms with Crippen molar-refractivity contribution in [2.24, 2.45) is 4.99 Å². The van der Waals surface area contributed by atoms with Crippen LogP contribution in [0.15, 0.2) is 41.5 Å². The number of benzene rings is 1. The van der Waals surface area contributed by atoms with Crippen molar-refractivity contribution in [3.63, 3.8) is 0 Å². The number of aliphatic imine (C=N–C) groups is 1. The van der Waals surface area contributed by atoms with Crippen LogP contribution in [0.2, 0.25) is 0 Å². The van der Waals surface area contributed by atoms with E-state index in [1.54, 1.807) is 20.3 Å². The number of amides is 1. The highest BCUT2D eigenvalue weighted by Gasteiger charge is 2.06. The Labute approximate surface area is 165 Å². The molecule has 1 heterocycles. The van der Waals surface area contributed by atoms with Gasteiger partial charge in [0.1, 0.15) is 12.4 Å². The molecule has 8 heteroatoms. The van der Waals surface area contributed by atoms with Crippen molar-refractivity contribution in [1.29, 1.82) is 0 Å². The maximum absolute atomic E-state index is 11.6. The first-order valence-electron chi connectivity index (χ1n) is 7.91. The zero-order chi connectivity index (χ0) is 17.4. The predicted molar refractivity (Wildman–Crippen MR) is 111 cm³/mol. The van der Waals surface area contributed by atoms with Gasteiger partial charge in [-0.25, -0.2) is 9.98 Å². The minimum atomic E-state index is -0.00929. The summed E-state index contributed by atoms with van der Waals surface area (Å²) in [5, 5.41) is 6.13. The standard InChI is InChI=1S/C17H24N6O.HI/c1-4-18-17(21-12-16(24)23(2)3)20-11-15-19-10-14(22-15)13-8-6-5-7-9-13;/h5-10H,4,11-12H2,1-3H3,(H,19,22)(H2,18,20,21);1H. The van der Waals surface area contributed by atoms with E-state index in [1.165, 1.54) is 4.90 Å². The summed E-state index contributed by atoms with van der Waals surface area (Å²) < 4.78 is 0. The number of aromatic amines is 1. The third kappa shape index (κ3) is 6.73. The van der Waals surface area contributed by atoms with Crippen molar-refractivity contribution in [3.05, 3.63) is 42.4 Å². The molecule has 0 atom stereocenters. The van der Waals surface area contributed by atoms with Crippen molar-refractivity contribution in [1.82, 2.24) is 25.5 Å². The normalized spacial score (nSPS) is 10.8. The Kier molecular flexibility index (Phi) is 8.96. The van der Waals surface area contributed by atoms with Gasteiger partial charge < -0.3 is 20.5 Å².